The molecule has 0 bridgehead atoms. The first-order valence-corrected chi connectivity index (χ1v) is 7.92. The first kappa shape index (κ1) is 16.0. The van der Waals surface area contributed by atoms with Gasteiger partial charge in [-0.25, -0.2) is 4.79 Å². The van der Waals surface area contributed by atoms with Gasteiger partial charge in [0.2, 0.25) is 0 Å². The molecular weight excluding hydrogens is 302 g/mol. The average molecular weight is 321 g/mol. The van der Waals surface area contributed by atoms with Gasteiger partial charge in [-0.1, -0.05) is 56.3 Å². The summed E-state index contributed by atoms with van der Waals surface area (Å²) in [6, 6.07) is 16.7. The average Bonchev–Trinajstić information content (AvgIpc) is 3.03. The van der Waals surface area contributed by atoms with E-state index >= 15 is 0 Å². The minimum absolute atomic E-state index is 0.213. The van der Waals surface area contributed by atoms with Crippen molar-refractivity contribution in [2.45, 2.75) is 19.8 Å². The van der Waals surface area contributed by atoms with Crippen molar-refractivity contribution in [1.82, 2.24) is 4.98 Å². The van der Waals surface area contributed by atoms with Gasteiger partial charge in [0.15, 0.2) is 12.4 Å². The Labute approximate surface area is 140 Å². The first-order valence-electron chi connectivity index (χ1n) is 7.92. The van der Waals surface area contributed by atoms with Crippen LogP contribution in [0.1, 0.15) is 46.2 Å². The number of aromatic nitrogens is 1. The number of ether oxygens (including phenoxy) is 1. The van der Waals surface area contributed by atoms with E-state index in [9.17, 15) is 9.59 Å². The molecule has 0 aliphatic carbocycles. The van der Waals surface area contributed by atoms with Crippen LogP contribution in [0, 0.1) is 0 Å². The molecule has 1 aromatic heterocycles. The molecule has 4 nitrogen and oxygen atoms in total. The van der Waals surface area contributed by atoms with Crippen molar-refractivity contribution in [2.24, 2.45) is 0 Å². The molecule has 0 saturated heterocycles. The monoisotopic (exact) mass is 321 g/mol. The molecular formula is C20H19NO3. The second-order valence-electron chi connectivity index (χ2n) is 6.05. The Balaban J connectivity index is 1.64. The summed E-state index contributed by atoms with van der Waals surface area (Å²) in [7, 11) is 0. The number of nitrogens with one attached hydrogen (secondary N) is 1. The van der Waals surface area contributed by atoms with Crippen molar-refractivity contribution in [2.75, 3.05) is 6.61 Å². The Hall–Kier alpha value is -2.88. The summed E-state index contributed by atoms with van der Waals surface area (Å²) in [6.45, 7) is 3.92. The molecule has 0 fully saturated rings. The zero-order chi connectivity index (χ0) is 17.1. The van der Waals surface area contributed by atoms with Gasteiger partial charge in [-0.15, -0.1) is 0 Å². The van der Waals surface area contributed by atoms with Gasteiger partial charge in [-0.2, -0.15) is 0 Å². The minimum atomic E-state index is -0.529. The molecule has 4 heteroatoms. The third-order valence-corrected chi connectivity index (χ3v) is 3.98. The lowest BCUT2D eigenvalue weighted by atomic mass is 10.0. The molecule has 3 rings (SSSR count). The molecule has 2 aromatic carbocycles. The maximum atomic E-state index is 12.1. The Bertz CT molecular complexity index is 842. The van der Waals surface area contributed by atoms with E-state index in [1.54, 1.807) is 18.2 Å². The second-order valence-corrected chi connectivity index (χ2v) is 6.05. The summed E-state index contributed by atoms with van der Waals surface area (Å²) >= 11 is 0. The summed E-state index contributed by atoms with van der Waals surface area (Å²) < 4.78 is 5.13. The van der Waals surface area contributed by atoms with Crippen LogP contribution in [0.4, 0.5) is 0 Å². The molecule has 1 heterocycles. The van der Waals surface area contributed by atoms with Crippen LogP contribution in [0.5, 0.6) is 0 Å². The molecule has 0 radical (unpaired) electrons. The van der Waals surface area contributed by atoms with Crippen molar-refractivity contribution in [3.05, 3.63) is 71.4 Å². The van der Waals surface area contributed by atoms with E-state index in [1.807, 2.05) is 36.4 Å². The number of benzene rings is 2. The molecule has 0 amide bonds. The fraction of sp³-hybridized carbons (Fsp3) is 0.200. The maximum Gasteiger partial charge on any atom is 0.355 e. The normalized spacial score (nSPS) is 11.0. The summed E-state index contributed by atoms with van der Waals surface area (Å²) in [5, 5.41) is 0.931. The zero-order valence-corrected chi connectivity index (χ0v) is 13.7. The number of H-pyrrole nitrogens is 1. The Morgan fingerprint density at radius 1 is 1.04 bits per heavy atom. The van der Waals surface area contributed by atoms with Gasteiger partial charge in [0, 0.05) is 16.5 Å². The number of hydrogen-bond donors (Lipinski definition) is 1. The van der Waals surface area contributed by atoms with E-state index in [4.69, 9.17) is 4.74 Å². The predicted molar refractivity (Wildman–Crippen MR) is 93.4 cm³/mol. The number of hydrogen-bond acceptors (Lipinski definition) is 3. The standard InChI is InChI=1S/C20H19NO3/c1-13(2)14-7-9-15(10-8-14)19(22)12-24-20(23)18-11-16-5-3-4-6-17(16)21-18/h3-11,13,21H,12H2,1-2H3. The number of para-hydroxylation sites is 1. The molecule has 1 N–H and O–H groups in total. The SMILES string of the molecule is CC(C)c1ccc(C(=O)COC(=O)c2cc3ccccc3[nH]2)cc1. The molecule has 0 unspecified atom stereocenters. The predicted octanol–water partition coefficient (Wildman–Crippen LogP) is 4.33. The number of ketones is 1. The molecule has 3 aromatic rings. The van der Waals surface area contributed by atoms with Crippen molar-refractivity contribution in [3.63, 3.8) is 0 Å². The minimum Gasteiger partial charge on any atom is -0.453 e. The fourth-order valence-corrected chi connectivity index (χ4v) is 2.53. The highest BCUT2D eigenvalue weighted by Crippen LogP contribution is 2.16. The van der Waals surface area contributed by atoms with Crippen LogP contribution in [0.2, 0.25) is 0 Å². The molecule has 0 spiro atoms. The Morgan fingerprint density at radius 3 is 2.42 bits per heavy atom. The quantitative estimate of drug-likeness (QED) is 0.562. The number of esters is 1. The maximum absolute atomic E-state index is 12.1. The van der Waals surface area contributed by atoms with E-state index < -0.39 is 5.97 Å². The number of carbonyl (C=O) groups is 2. The summed E-state index contributed by atoms with van der Waals surface area (Å²) in [6.07, 6.45) is 0. The van der Waals surface area contributed by atoms with Crippen LogP contribution in [-0.2, 0) is 4.74 Å². The highest BCUT2D eigenvalue weighted by Gasteiger charge is 2.14. The van der Waals surface area contributed by atoms with Crippen LogP contribution in [0.25, 0.3) is 10.9 Å². The number of Topliss-reactive ketones (excluding diaryl/α,β-unsaturated/α-hetero) is 1. The zero-order valence-electron chi connectivity index (χ0n) is 13.7. The number of rotatable bonds is 5. The summed E-state index contributed by atoms with van der Waals surface area (Å²) in [5.74, 6) is -0.331. The van der Waals surface area contributed by atoms with Crippen LogP contribution in [0.15, 0.2) is 54.6 Å². The molecule has 0 saturated carbocycles. The molecule has 122 valence electrons. The third-order valence-electron chi connectivity index (χ3n) is 3.98. The van der Waals surface area contributed by atoms with E-state index in [2.05, 4.69) is 18.8 Å². The fourth-order valence-electron chi connectivity index (χ4n) is 2.53. The van der Waals surface area contributed by atoms with Gasteiger partial charge >= 0.3 is 5.97 Å². The number of aromatic amines is 1. The van der Waals surface area contributed by atoms with Crippen LogP contribution in [0.3, 0.4) is 0 Å². The largest absolute Gasteiger partial charge is 0.453 e. The van der Waals surface area contributed by atoms with Gasteiger partial charge in [0.05, 0.1) is 0 Å². The van der Waals surface area contributed by atoms with E-state index in [0.717, 1.165) is 10.9 Å². The van der Waals surface area contributed by atoms with Crippen LogP contribution >= 0.6 is 0 Å². The van der Waals surface area contributed by atoms with E-state index in [0.29, 0.717) is 17.2 Å². The third kappa shape index (κ3) is 3.38. The van der Waals surface area contributed by atoms with E-state index in [-0.39, 0.29) is 12.4 Å². The van der Waals surface area contributed by atoms with Gasteiger partial charge in [-0.05, 0) is 23.6 Å². The van der Waals surface area contributed by atoms with Gasteiger partial charge in [0.1, 0.15) is 5.69 Å². The lowest BCUT2D eigenvalue weighted by Gasteiger charge is -2.07. The highest BCUT2D eigenvalue weighted by atomic mass is 16.5. The molecule has 0 aliphatic heterocycles. The van der Waals surface area contributed by atoms with Crippen molar-refractivity contribution >= 4 is 22.7 Å². The number of fused-ring (bicyclic) bond motifs is 1. The highest BCUT2D eigenvalue weighted by molar-refractivity contribution is 6.00. The lowest BCUT2D eigenvalue weighted by Crippen LogP contribution is -2.14. The number of carbonyl (C=O) groups excluding carboxylic acids is 2. The van der Waals surface area contributed by atoms with Gasteiger partial charge in [-0.3, -0.25) is 4.79 Å². The topological polar surface area (TPSA) is 59.2 Å². The summed E-state index contributed by atoms with van der Waals surface area (Å²) in [4.78, 5) is 27.2. The molecule has 24 heavy (non-hydrogen) atoms. The Morgan fingerprint density at radius 2 is 1.75 bits per heavy atom. The lowest BCUT2D eigenvalue weighted by molar-refractivity contribution is 0.0470. The van der Waals surface area contributed by atoms with Crippen molar-refractivity contribution < 1.29 is 14.3 Å². The van der Waals surface area contributed by atoms with Crippen LogP contribution in [-0.4, -0.2) is 23.3 Å². The van der Waals surface area contributed by atoms with E-state index in [1.165, 1.54) is 5.56 Å². The van der Waals surface area contributed by atoms with Crippen molar-refractivity contribution in [3.8, 4) is 0 Å². The Kier molecular flexibility index (Phi) is 4.47. The molecule has 0 atom stereocenters. The second kappa shape index (κ2) is 6.71. The molecule has 0 aliphatic rings. The summed E-state index contributed by atoms with van der Waals surface area (Å²) in [5.41, 5.74) is 2.92. The van der Waals surface area contributed by atoms with Crippen molar-refractivity contribution in [1.29, 1.82) is 0 Å². The first-order chi connectivity index (χ1) is 11.5. The van der Waals surface area contributed by atoms with Gasteiger partial charge in [0.25, 0.3) is 0 Å². The smallest absolute Gasteiger partial charge is 0.355 e. The van der Waals surface area contributed by atoms with Crippen LogP contribution < -0.4 is 0 Å². The van der Waals surface area contributed by atoms with Gasteiger partial charge < -0.3 is 9.72 Å².